The molecule has 1 rings (SSSR count). The molecule has 1 fully saturated rings. The van der Waals surface area contributed by atoms with Crippen LogP contribution in [0.3, 0.4) is 0 Å². The summed E-state index contributed by atoms with van der Waals surface area (Å²) in [5, 5.41) is 0. The number of piperidine rings is 1. The zero-order chi connectivity index (χ0) is 13.8. The molecule has 104 valence electrons. The summed E-state index contributed by atoms with van der Waals surface area (Å²) >= 11 is 0. The van der Waals surface area contributed by atoms with Gasteiger partial charge in [0.2, 0.25) is 5.91 Å². The van der Waals surface area contributed by atoms with E-state index in [1.807, 2.05) is 11.8 Å². The Kier molecular flexibility index (Phi) is 5.17. The second-order valence-corrected chi connectivity index (χ2v) is 6.17. The summed E-state index contributed by atoms with van der Waals surface area (Å²) in [4.78, 5) is 25.6. The monoisotopic (exact) mass is 255 g/mol. The maximum absolute atomic E-state index is 12.1. The first-order valence-corrected chi connectivity index (χ1v) is 6.78. The second-order valence-electron chi connectivity index (χ2n) is 6.17. The van der Waals surface area contributed by atoms with Crippen LogP contribution in [0.5, 0.6) is 0 Å². The lowest BCUT2D eigenvalue weighted by Gasteiger charge is -2.33. The summed E-state index contributed by atoms with van der Waals surface area (Å²) in [6.45, 7) is 9.67. The minimum absolute atomic E-state index is 0.00600. The molecule has 0 aromatic carbocycles. The van der Waals surface area contributed by atoms with Gasteiger partial charge in [-0.05, 0) is 25.2 Å². The predicted molar refractivity (Wildman–Crippen MR) is 70.0 cm³/mol. The van der Waals surface area contributed by atoms with Gasteiger partial charge >= 0.3 is 5.97 Å². The van der Waals surface area contributed by atoms with E-state index in [9.17, 15) is 9.59 Å². The van der Waals surface area contributed by atoms with Crippen molar-refractivity contribution in [2.45, 2.75) is 47.0 Å². The minimum Gasteiger partial charge on any atom is -0.466 e. The van der Waals surface area contributed by atoms with Crippen molar-refractivity contribution < 1.29 is 14.3 Å². The SMILES string of the molecule is CCOC(=O)[C@@H]1CCCN(C(=O)CC(C)(C)C)C1. The van der Waals surface area contributed by atoms with Gasteiger partial charge in [-0.25, -0.2) is 0 Å². The fourth-order valence-corrected chi connectivity index (χ4v) is 2.22. The lowest BCUT2D eigenvalue weighted by atomic mass is 9.90. The van der Waals surface area contributed by atoms with Crippen LogP contribution in [0, 0.1) is 11.3 Å². The van der Waals surface area contributed by atoms with E-state index in [4.69, 9.17) is 4.74 Å². The molecule has 0 N–H and O–H groups in total. The van der Waals surface area contributed by atoms with Crippen LogP contribution in [-0.2, 0) is 14.3 Å². The van der Waals surface area contributed by atoms with E-state index < -0.39 is 0 Å². The zero-order valence-electron chi connectivity index (χ0n) is 12.0. The van der Waals surface area contributed by atoms with E-state index >= 15 is 0 Å². The van der Waals surface area contributed by atoms with Gasteiger partial charge < -0.3 is 9.64 Å². The molecule has 1 heterocycles. The van der Waals surface area contributed by atoms with Gasteiger partial charge in [-0.1, -0.05) is 20.8 Å². The molecule has 18 heavy (non-hydrogen) atoms. The summed E-state index contributed by atoms with van der Waals surface area (Å²) in [5.41, 5.74) is -0.00600. The molecule has 0 radical (unpaired) electrons. The molecule has 0 aliphatic carbocycles. The van der Waals surface area contributed by atoms with Gasteiger partial charge in [-0.15, -0.1) is 0 Å². The van der Waals surface area contributed by atoms with Crippen LogP contribution >= 0.6 is 0 Å². The maximum atomic E-state index is 12.1. The number of hydrogen-bond acceptors (Lipinski definition) is 3. The molecule has 0 spiro atoms. The van der Waals surface area contributed by atoms with Gasteiger partial charge in [0.05, 0.1) is 12.5 Å². The highest BCUT2D eigenvalue weighted by molar-refractivity contribution is 5.79. The van der Waals surface area contributed by atoms with Crippen molar-refractivity contribution in [3.8, 4) is 0 Å². The van der Waals surface area contributed by atoms with Crippen molar-refractivity contribution in [1.82, 2.24) is 4.90 Å². The highest BCUT2D eigenvalue weighted by Gasteiger charge is 2.30. The molecule has 4 nitrogen and oxygen atoms in total. The van der Waals surface area contributed by atoms with Crippen LogP contribution in [0.4, 0.5) is 0 Å². The first-order chi connectivity index (χ1) is 8.33. The van der Waals surface area contributed by atoms with Gasteiger partial charge in [0.1, 0.15) is 0 Å². The molecular weight excluding hydrogens is 230 g/mol. The molecule has 0 aromatic heterocycles. The molecule has 1 aliphatic rings. The largest absolute Gasteiger partial charge is 0.466 e. The van der Waals surface area contributed by atoms with Crippen molar-refractivity contribution in [3.63, 3.8) is 0 Å². The van der Waals surface area contributed by atoms with Gasteiger partial charge in [0.15, 0.2) is 0 Å². The number of carbonyl (C=O) groups excluding carboxylic acids is 2. The minimum atomic E-state index is -0.161. The van der Waals surface area contributed by atoms with Crippen LogP contribution in [0.15, 0.2) is 0 Å². The fraction of sp³-hybridized carbons (Fsp3) is 0.857. The molecule has 0 unspecified atom stereocenters. The van der Waals surface area contributed by atoms with Gasteiger partial charge in [0, 0.05) is 19.5 Å². The molecule has 1 aliphatic heterocycles. The molecule has 0 aromatic rings. The zero-order valence-corrected chi connectivity index (χ0v) is 12.0. The molecule has 1 amide bonds. The third-order valence-corrected chi connectivity index (χ3v) is 3.08. The number of ether oxygens (including phenoxy) is 1. The fourth-order valence-electron chi connectivity index (χ4n) is 2.22. The smallest absolute Gasteiger partial charge is 0.310 e. The number of rotatable bonds is 3. The standard InChI is InChI=1S/C14H25NO3/c1-5-18-13(17)11-7-6-8-15(10-11)12(16)9-14(2,3)4/h11H,5-10H2,1-4H3/t11-/m1/s1. The Hall–Kier alpha value is -1.06. The second kappa shape index (κ2) is 6.21. The van der Waals surface area contributed by atoms with Crippen molar-refractivity contribution >= 4 is 11.9 Å². The van der Waals surface area contributed by atoms with E-state index in [-0.39, 0.29) is 23.2 Å². The Morgan fingerprint density at radius 1 is 1.33 bits per heavy atom. The van der Waals surface area contributed by atoms with E-state index in [1.54, 1.807) is 0 Å². The lowest BCUT2D eigenvalue weighted by Crippen LogP contribution is -2.43. The van der Waals surface area contributed by atoms with Gasteiger partial charge in [0.25, 0.3) is 0 Å². The summed E-state index contributed by atoms with van der Waals surface area (Å²) in [6.07, 6.45) is 2.25. The van der Waals surface area contributed by atoms with E-state index in [0.717, 1.165) is 19.4 Å². The van der Waals surface area contributed by atoms with Crippen molar-refractivity contribution in [3.05, 3.63) is 0 Å². The molecule has 1 saturated heterocycles. The topological polar surface area (TPSA) is 46.6 Å². The highest BCUT2D eigenvalue weighted by atomic mass is 16.5. The molecule has 1 atom stereocenters. The number of carbonyl (C=O) groups is 2. The summed E-state index contributed by atoms with van der Waals surface area (Å²) in [7, 11) is 0. The van der Waals surface area contributed by atoms with Crippen LogP contribution in [0.2, 0.25) is 0 Å². The van der Waals surface area contributed by atoms with E-state index in [0.29, 0.717) is 19.6 Å². The van der Waals surface area contributed by atoms with Crippen molar-refractivity contribution in [2.75, 3.05) is 19.7 Å². The Morgan fingerprint density at radius 3 is 2.56 bits per heavy atom. The first-order valence-electron chi connectivity index (χ1n) is 6.78. The Morgan fingerprint density at radius 2 is 2.00 bits per heavy atom. The number of hydrogen-bond donors (Lipinski definition) is 0. The van der Waals surface area contributed by atoms with Crippen LogP contribution in [0.1, 0.15) is 47.0 Å². The third-order valence-electron chi connectivity index (χ3n) is 3.08. The average molecular weight is 255 g/mol. The number of likely N-dealkylation sites (tertiary alicyclic amines) is 1. The Labute approximate surface area is 110 Å². The Bertz CT molecular complexity index is 307. The quantitative estimate of drug-likeness (QED) is 0.726. The average Bonchev–Trinajstić information content (AvgIpc) is 2.27. The number of amides is 1. The lowest BCUT2D eigenvalue weighted by molar-refractivity contribution is -0.151. The van der Waals surface area contributed by atoms with E-state index in [2.05, 4.69) is 20.8 Å². The van der Waals surface area contributed by atoms with Gasteiger partial charge in [-0.3, -0.25) is 9.59 Å². The molecule has 0 bridgehead atoms. The first kappa shape index (κ1) is 15.0. The normalized spacial score (nSPS) is 20.7. The van der Waals surface area contributed by atoms with E-state index in [1.165, 1.54) is 0 Å². The van der Waals surface area contributed by atoms with Crippen LogP contribution in [-0.4, -0.2) is 36.5 Å². The van der Waals surface area contributed by atoms with Crippen LogP contribution in [0.25, 0.3) is 0 Å². The summed E-state index contributed by atoms with van der Waals surface area (Å²) in [5.74, 6) is -0.148. The molecular formula is C14H25NO3. The predicted octanol–water partition coefficient (Wildman–Crippen LogP) is 2.22. The van der Waals surface area contributed by atoms with Crippen molar-refractivity contribution in [1.29, 1.82) is 0 Å². The third kappa shape index (κ3) is 4.67. The Balaban J connectivity index is 2.53. The van der Waals surface area contributed by atoms with Crippen molar-refractivity contribution in [2.24, 2.45) is 11.3 Å². The highest BCUT2D eigenvalue weighted by Crippen LogP contribution is 2.23. The summed E-state index contributed by atoms with van der Waals surface area (Å²) in [6, 6.07) is 0. The van der Waals surface area contributed by atoms with Gasteiger partial charge in [-0.2, -0.15) is 0 Å². The van der Waals surface area contributed by atoms with Crippen LogP contribution < -0.4 is 0 Å². The number of nitrogens with zero attached hydrogens (tertiary/aromatic N) is 1. The maximum Gasteiger partial charge on any atom is 0.310 e. The molecule has 4 heteroatoms. The molecule has 0 saturated carbocycles. The number of esters is 1. The summed E-state index contributed by atoms with van der Waals surface area (Å²) < 4.78 is 5.03.